The number of hydrogen-bond acceptors (Lipinski definition) is 4. The second-order valence-corrected chi connectivity index (χ2v) is 5.75. The van der Waals surface area contributed by atoms with E-state index < -0.39 is 0 Å². The Hall–Kier alpha value is -1.56. The van der Waals surface area contributed by atoms with E-state index in [2.05, 4.69) is 10.5 Å². The Morgan fingerprint density at radius 3 is 3.10 bits per heavy atom. The fraction of sp³-hybridized carbons (Fsp3) is 0.733. The summed E-state index contributed by atoms with van der Waals surface area (Å²) >= 11 is 0. The predicted octanol–water partition coefficient (Wildman–Crippen LogP) is 2.26. The number of rotatable bonds is 4. The lowest BCUT2D eigenvalue weighted by atomic mass is 10.1. The zero-order valence-corrected chi connectivity index (χ0v) is 12.5. The highest BCUT2D eigenvalue weighted by Gasteiger charge is 2.33. The summed E-state index contributed by atoms with van der Waals surface area (Å²) in [4.78, 5) is 14.2. The van der Waals surface area contributed by atoms with Crippen LogP contribution in [-0.4, -0.2) is 41.9 Å². The van der Waals surface area contributed by atoms with Gasteiger partial charge in [0.15, 0.2) is 5.76 Å². The molecule has 2 aliphatic heterocycles. The molecule has 116 valence electrons. The number of aryl methyl sites for hydroxylation is 1. The van der Waals surface area contributed by atoms with E-state index in [1.54, 1.807) is 0 Å². The van der Waals surface area contributed by atoms with Crippen molar-refractivity contribution in [3.8, 4) is 0 Å². The van der Waals surface area contributed by atoms with Crippen LogP contribution in [0.1, 0.15) is 50.1 Å². The molecule has 1 aromatic heterocycles. The van der Waals surface area contributed by atoms with Crippen LogP contribution in [0.3, 0.4) is 0 Å². The first-order chi connectivity index (χ1) is 10.3. The van der Waals surface area contributed by atoms with Crippen LogP contribution < -0.4 is 5.32 Å². The molecule has 0 saturated carbocycles. The average molecular weight is 293 g/mol. The first-order valence-corrected chi connectivity index (χ1v) is 7.89. The Kier molecular flexibility index (Phi) is 4.43. The van der Waals surface area contributed by atoms with Gasteiger partial charge in [-0.3, -0.25) is 0 Å². The van der Waals surface area contributed by atoms with Crippen LogP contribution in [0, 0.1) is 0 Å². The number of hydrogen-bond donors (Lipinski definition) is 1. The molecule has 2 fully saturated rings. The smallest absolute Gasteiger partial charge is 0.318 e. The van der Waals surface area contributed by atoms with Crippen LogP contribution in [0.5, 0.6) is 0 Å². The van der Waals surface area contributed by atoms with Gasteiger partial charge in [-0.1, -0.05) is 12.1 Å². The van der Waals surface area contributed by atoms with Gasteiger partial charge in [0.1, 0.15) is 0 Å². The first-order valence-electron chi connectivity index (χ1n) is 7.89. The third kappa shape index (κ3) is 3.20. The van der Waals surface area contributed by atoms with Crippen LogP contribution in [-0.2, 0) is 11.2 Å². The molecule has 0 bridgehead atoms. The van der Waals surface area contributed by atoms with Crippen molar-refractivity contribution in [3.05, 3.63) is 17.5 Å². The summed E-state index contributed by atoms with van der Waals surface area (Å²) in [6.07, 6.45) is 5.08. The Balaban J connectivity index is 1.58. The van der Waals surface area contributed by atoms with Gasteiger partial charge in [0.25, 0.3) is 0 Å². The maximum atomic E-state index is 12.4. The van der Waals surface area contributed by atoms with Crippen LogP contribution in [0.2, 0.25) is 0 Å². The predicted molar refractivity (Wildman–Crippen MR) is 76.9 cm³/mol. The summed E-state index contributed by atoms with van der Waals surface area (Å²) in [6, 6.07) is 1.96. The van der Waals surface area contributed by atoms with E-state index in [1.807, 2.05) is 17.9 Å². The molecule has 1 N–H and O–H groups in total. The third-order valence-corrected chi connectivity index (χ3v) is 4.29. The summed E-state index contributed by atoms with van der Waals surface area (Å²) in [5, 5.41) is 7.02. The molecule has 3 rings (SSSR count). The highest BCUT2D eigenvalue weighted by molar-refractivity contribution is 5.75. The molecule has 2 atom stereocenters. The fourth-order valence-corrected chi connectivity index (χ4v) is 3.07. The van der Waals surface area contributed by atoms with E-state index in [0.717, 1.165) is 56.7 Å². The molecule has 21 heavy (non-hydrogen) atoms. The third-order valence-electron chi connectivity index (χ3n) is 4.29. The first kappa shape index (κ1) is 14.4. The zero-order valence-electron chi connectivity index (χ0n) is 12.5. The van der Waals surface area contributed by atoms with Crippen molar-refractivity contribution in [1.29, 1.82) is 0 Å². The van der Waals surface area contributed by atoms with E-state index in [0.29, 0.717) is 6.54 Å². The maximum Gasteiger partial charge on any atom is 0.318 e. The van der Waals surface area contributed by atoms with E-state index in [1.165, 1.54) is 0 Å². The molecule has 0 aromatic carbocycles. The van der Waals surface area contributed by atoms with Crippen molar-refractivity contribution in [2.24, 2.45) is 0 Å². The minimum Gasteiger partial charge on any atom is -0.376 e. The van der Waals surface area contributed by atoms with Crippen molar-refractivity contribution < 1.29 is 14.1 Å². The standard InChI is InChI=1S/C15H23N3O3/c1-2-11-9-14(21-17-11)13-6-3-7-18(13)15(19)16-10-12-5-4-8-20-12/h9,12-13H,2-8,10H2,1H3,(H,16,19)/t12-,13+/m1/s1. The zero-order chi connectivity index (χ0) is 14.7. The lowest BCUT2D eigenvalue weighted by Crippen LogP contribution is -2.42. The van der Waals surface area contributed by atoms with Gasteiger partial charge in [0, 0.05) is 25.8 Å². The molecule has 1 aromatic rings. The van der Waals surface area contributed by atoms with Crippen LogP contribution in [0.15, 0.2) is 10.6 Å². The van der Waals surface area contributed by atoms with E-state index in [-0.39, 0.29) is 18.2 Å². The lowest BCUT2D eigenvalue weighted by molar-refractivity contribution is 0.108. The molecule has 2 aliphatic rings. The Morgan fingerprint density at radius 2 is 2.38 bits per heavy atom. The molecular weight excluding hydrogens is 270 g/mol. The number of urea groups is 1. The van der Waals surface area contributed by atoms with Gasteiger partial charge in [0.05, 0.1) is 17.8 Å². The second-order valence-electron chi connectivity index (χ2n) is 5.75. The molecule has 6 heteroatoms. The quantitative estimate of drug-likeness (QED) is 0.924. The molecule has 0 radical (unpaired) electrons. The number of amides is 2. The number of nitrogens with zero attached hydrogens (tertiary/aromatic N) is 2. The highest BCUT2D eigenvalue weighted by Crippen LogP contribution is 2.32. The van der Waals surface area contributed by atoms with Gasteiger partial charge in [-0.05, 0) is 32.1 Å². The molecule has 2 amide bonds. The number of nitrogens with one attached hydrogen (secondary N) is 1. The highest BCUT2D eigenvalue weighted by atomic mass is 16.5. The van der Waals surface area contributed by atoms with Gasteiger partial charge in [0.2, 0.25) is 0 Å². The number of carbonyl (C=O) groups is 1. The molecule has 0 spiro atoms. The summed E-state index contributed by atoms with van der Waals surface area (Å²) in [6.45, 7) is 4.22. The van der Waals surface area contributed by atoms with E-state index >= 15 is 0 Å². The summed E-state index contributed by atoms with van der Waals surface area (Å²) in [5.74, 6) is 0.802. The topological polar surface area (TPSA) is 67.6 Å². The number of carbonyl (C=O) groups excluding carboxylic acids is 1. The second kappa shape index (κ2) is 6.47. The normalized spacial score (nSPS) is 25.5. The van der Waals surface area contributed by atoms with Crippen LogP contribution in [0.4, 0.5) is 4.79 Å². The minimum atomic E-state index is -0.0255. The van der Waals surface area contributed by atoms with Gasteiger partial charge < -0.3 is 19.5 Å². The Labute approximate surface area is 124 Å². The Bertz CT molecular complexity index is 482. The largest absolute Gasteiger partial charge is 0.376 e. The van der Waals surface area contributed by atoms with Crippen molar-refractivity contribution in [2.75, 3.05) is 19.7 Å². The van der Waals surface area contributed by atoms with Crippen LogP contribution in [0.25, 0.3) is 0 Å². The minimum absolute atomic E-state index is 0.0160. The average Bonchev–Trinajstić information content (AvgIpc) is 3.23. The lowest BCUT2D eigenvalue weighted by Gasteiger charge is -2.23. The van der Waals surface area contributed by atoms with Crippen molar-refractivity contribution >= 4 is 6.03 Å². The molecule has 6 nitrogen and oxygen atoms in total. The number of likely N-dealkylation sites (tertiary alicyclic amines) is 1. The van der Waals surface area contributed by atoms with E-state index in [4.69, 9.17) is 9.26 Å². The SMILES string of the molecule is CCc1cc([C@@H]2CCCN2C(=O)NC[C@H]2CCCO2)on1. The summed E-state index contributed by atoms with van der Waals surface area (Å²) < 4.78 is 10.9. The van der Waals surface area contributed by atoms with Gasteiger partial charge >= 0.3 is 6.03 Å². The van der Waals surface area contributed by atoms with Crippen molar-refractivity contribution in [2.45, 2.75) is 51.2 Å². The van der Waals surface area contributed by atoms with Gasteiger partial charge in [-0.2, -0.15) is 0 Å². The number of aromatic nitrogens is 1. The monoisotopic (exact) mass is 293 g/mol. The van der Waals surface area contributed by atoms with Crippen molar-refractivity contribution in [3.63, 3.8) is 0 Å². The summed E-state index contributed by atoms with van der Waals surface area (Å²) in [5.41, 5.74) is 0.941. The number of ether oxygens (including phenoxy) is 1. The van der Waals surface area contributed by atoms with Gasteiger partial charge in [-0.15, -0.1) is 0 Å². The Morgan fingerprint density at radius 1 is 1.48 bits per heavy atom. The van der Waals surface area contributed by atoms with Crippen LogP contribution >= 0.6 is 0 Å². The molecule has 3 heterocycles. The molecule has 0 unspecified atom stereocenters. The maximum absolute atomic E-state index is 12.4. The van der Waals surface area contributed by atoms with Crippen molar-refractivity contribution in [1.82, 2.24) is 15.4 Å². The van der Waals surface area contributed by atoms with E-state index in [9.17, 15) is 4.79 Å². The summed E-state index contributed by atoms with van der Waals surface area (Å²) in [7, 11) is 0. The van der Waals surface area contributed by atoms with Gasteiger partial charge in [-0.25, -0.2) is 4.79 Å². The molecule has 0 aliphatic carbocycles. The fourth-order valence-electron chi connectivity index (χ4n) is 3.07. The molecule has 2 saturated heterocycles. The molecular formula is C15H23N3O3.